The topological polar surface area (TPSA) is 92.7 Å². The third kappa shape index (κ3) is 4.19. The Hall–Kier alpha value is -3.30. The minimum absolute atomic E-state index is 0.0285. The molecule has 180 valence electrons. The Morgan fingerprint density at radius 3 is 2.91 bits per heavy atom. The fourth-order valence-electron chi connectivity index (χ4n) is 5.24. The highest BCUT2D eigenvalue weighted by atomic mass is 32.2. The number of pyridine rings is 1. The molecule has 3 aliphatic rings. The van der Waals surface area contributed by atoms with Crippen molar-refractivity contribution >= 4 is 46.0 Å². The zero-order chi connectivity index (χ0) is 23.9. The summed E-state index contributed by atoms with van der Waals surface area (Å²) in [5.41, 5.74) is 3.83. The van der Waals surface area contributed by atoms with E-state index in [0.29, 0.717) is 18.8 Å². The number of ether oxygens (including phenoxy) is 1. The highest BCUT2D eigenvalue weighted by Crippen LogP contribution is 2.36. The van der Waals surface area contributed by atoms with Crippen LogP contribution >= 0.6 is 11.8 Å². The second-order valence-electron chi connectivity index (χ2n) is 9.24. The number of carbonyl (C=O) groups excluding carboxylic acids is 2. The summed E-state index contributed by atoms with van der Waals surface area (Å²) in [7, 11) is 0. The third-order valence-corrected chi connectivity index (χ3v) is 8.01. The summed E-state index contributed by atoms with van der Waals surface area (Å²) in [6.07, 6.45) is 1.14. The Morgan fingerprint density at radius 1 is 1.09 bits per heavy atom. The molecule has 1 fully saturated rings. The zero-order valence-corrected chi connectivity index (χ0v) is 20.0. The van der Waals surface area contributed by atoms with Gasteiger partial charge in [0.25, 0.3) is 5.56 Å². The van der Waals surface area contributed by atoms with Gasteiger partial charge in [-0.05, 0) is 54.6 Å². The van der Waals surface area contributed by atoms with Gasteiger partial charge in [-0.3, -0.25) is 14.5 Å². The van der Waals surface area contributed by atoms with Gasteiger partial charge in [0.05, 0.1) is 23.5 Å². The van der Waals surface area contributed by atoms with Crippen molar-refractivity contribution in [3.63, 3.8) is 0 Å². The van der Waals surface area contributed by atoms with Gasteiger partial charge in [-0.15, -0.1) is 11.8 Å². The van der Waals surface area contributed by atoms with Crippen LogP contribution in [-0.2, 0) is 16.1 Å². The molecule has 3 aliphatic heterocycles. The minimum atomic E-state index is -0.347. The van der Waals surface area contributed by atoms with Crippen LogP contribution in [0.5, 0.6) is 0 Å². The van der Waals surface area contributed by atoms with Crippen molar-refractivity contribution in [3.05, 3.63) is 64.4 Å². The van der Waals surface area contributed by atoms with Crippen LogP contribution in [0.2, 0.25) is 0 Å². The Morgan fingerprint density at radius 2 is 2.00 bits per heavy atom. The molecule has 0 spiro atoms. The van der Waals surface area contributed by atoms with E-state index in [0.717, 1.165) is 53.1 Å². The lowest BCUT2D eigenvalue weighted by Gasteiger charge is -2.20. The third-order valence-electron chi connectivity index (χ3n) is 6.93. The van der Waals surface area contributed by atoms with Gasteiger partial charge in [0.15, 0.2) is 0 Å². The lowest BCUT2D eigenvalue weighted by molar-refractivity contribution is -0.113. The van der Waals surface area contributed by atoms with Gasteiger partial charge in [-0.2, -0.15) is 0 Å². The number of anilines is 2. The molecule has 2 N–H and O–H groups in total. The molecule has 2 atom stereocenters. The Kier molecular flexibility index (Phi) is 5.74. The van der Waals surface area contributed by atoms with Crippen LogP contribution < -0.4 is 21.1 Å². The van der Waals surface area contributed by atoms with Crippen LogP contribution in [0.25, 0.3) is 10.9 Å². The molecule has 9 heteroatoms. The molecule has 6 rings (SSSR count). The van der Waals surface area contributed by atoms with Crippen LogP contribution in [0.4, 0.5) is 16.2 Å². The van der Waals surface area contributed by atoms with E-state index >= 15 is 0 Å². The number of hydrogen-bond acceptors (Lipinski definition) is 6. The van der Waals surface area contributed by atoms with E-state index in [1.165, 1.54) is 17.3 Å². The first-order chi connectivity index (χ1) is 17.1. The summed E-state index contributed by atoms with van der Waals surface area (Å²) >= 11 is 1.50. The standard InChI is InChI=1S/C26H26N4O4S/c31-23-15-35-22-8-7-18(11-21(22)28-23)29-14-19(34-26(29)33)4-2-10-27-12-17-13-30-24(32)9-6-16-3-1-5-20(17)25(16)30/h1,3,5-9,11,17,19,27H,2,4,10,12-15H2,(H,28,31)/t17-,19+/m1/s1. The highest BCUT2D eigenvalue weighted by Gasteiger charge is 2.32. The summed E-state index contributed by atoms with van der Waals surface area (Å²) in [5, 5.41) is 7.51. The van der Waals surface area contributed by atoms with E-state index in [1.54, 1.807) is 11.0 Å². The van der Waals surface area contributed by atoms with Gasteiger partial charge in [0.2, 0.25) is 5.91 Å². The van der Waals surface area contributed by atoms with E-state index in [-0.39, 0.29) is 29.6 Å². The Labute approximate surface area is 206 Å². The van der Waals surface area contributed by atoms with Crippen LogP contribution in [-0.4, -0.2) is 48.1 Å². The van der Waals surface area contributed by atoms with Crippen molar-refractivity contribution in [1.29, 1.82) is 0 Å². The van der Waals surface area contributed by atoms with E-state index in [4.69, 9.17) is 4.74 Å². The molecule has 0 bridgehead atoms. The molecule has 2 aromatic carbocycles. The van der Waals surface area contributed by atoms with Crippen molar-refractivity contribution in [2.24, 2.45) is 0 Å². The molecule has 4 heterocycles. The second-order valence-corrected chi connectivity index (χ2v) is 10.3. The van der Waals surface area contributed by atoms with E-state index in [9.17, 15) is 14.4 Å². The average Bonchev–Trinajstić information content (AvgIpc) is 3.42. The van der Waals surface area contributed by atoms with Crippen LogP contribution in [0.1, 0.15) is 24.3 Å². The first kappa shape index (κ1) is 22.2. The van der Waals surface area contributed by atoms with Gasteiger partial charge >= 0.3 is 6.09 Å². The predicted octanol–water partition coefficient (Wildman–Crippen LogP) is 3.54. The van der Waals surface area contributed by atoms with Gasteiger partial charge < -0.3 is 19.9 Å². The maximum Gasteiger partial charge on any atom is 0.414 e. The normalized spacial score (nSPS) is 20.7. The molecule has 3 aromatic rings. The van der Waals surface area contributed by atoms with Crippen LogP contribution in [0.15, 0.2) is 58.2 Å². The molecule has 1 saturated heterocycles. The average molecular weight is 491 g/mol. The van der Waals surface area contributed by atoms with Gasteiger partial charge in [-0.1, -0.05) is 18.2 Å². The summed E-state index contributed by atoms with van der Waals surface area (Å²) in [5.74, 6) is 0.659. The number of carbonyl (C=O) groups is 2. The fraction of sp³-hybridized carbons (Fsp3) is 0.346. The quantitative estimate of drug-likeness (QED) is 0.492. The number of nitrogens with one attached hydrogen (secondary N) is 2. The molecule has 35 heavy (non-hydrogen) atoms. The number of nitrogens with zero attached hydrogens (tertiary/aromatic N) is 2. The summed E-state index contributed by atoms with van der Waals surface area (Å²) in [6.45, 7) is 2.82. The first-order valence-corrected chi connectivity index (χ1v) is 12.9. The lowest BCUT2D eigenvalue weighted by Crippen LogP contribution is -2.26. The van der Waals surface area contributed by atoms with Crippen molar-refractivity contribution in [3.8, 4) is 0 Å². The SMILES string of the molecule is O=C1CSc2ccc(N3C[C@H](CCCNC[C@@H]4Cn5c(=O)ccc6cccc4c65)OC3=O)cc2N1. The van der Waals surface area contributed by atoms with Gasteiger partial charge in [0.1, 0.15) is 6.10 Å². The largest absolute Gasteiger partial charge is 0.444 e. The number of amides is 2. The van der Waals surface area contributed by atoms with Crippen molar-refractivity contribution in [2.45, 2.75) is 36.3 Å². The summed E-state index contributed by atoms with van der Waals surface area (Å²) in [4.78, 5) is 39.1. The Bertz CT molecular complexity index is 1390. The molecule has 0 radical (unpaired) electrons. The second kappa shape index (κ2) is 9.05. The number of para-hydroxylation sites is 1. The number of aromatic nitrogens is 1. The number of benzene rings is 2. The van der Waals surface area contributed by atoms with E-state index in [2.05, 4.69) is 28.8 Å². The first-order valence-electron chi connectivity index (χ1n) is 11.9. The van der Waals surface area contributed by atoms with Crippen LogP contribution in [0.3, 0.4) is 0 Å². The predicted molar refractivity (Wildman–Crippen MR) is 136 cm³/mol. The fourth-order valence-corrected chi connectivity index (χ4v) is 6.03. The molecule has 0 aliphatic carbocycles. The van der Waals surface area contributed by atoms with Crippen molar-refractivity contribution in [1.82, 2.24) is 9.88 Å². The highest BCUT2D eigenvalue weighted by molar-refractivity contribution is 8.00. The number of rotatable bonds is 7. The molecule has 2 amide bonds. The van der Waals surface area contributed by atoms with Crippen LogP contribution in [0, 0.1) is 0 Å². The minimum Gasteiger partial charge on any atom is -0.444 e. The van der Waals surface area contributed by atoms with Crippen molar-refractivity contribution in [2.75, 3.05) is 35.6 Å². The summed E-state index contributed by atoms with van der Waals surface area (Å²) in [6, 6.07) is 15.5. The Balaban J connectivity index is 1.00. The lowest BCUT2D eigenvalue weighted by atomic mass is 10.00. The van der Waals surface area contributed by atoms with E-state index < -0.39 is 0 Å². The maximum atomic E-state index is 12.5. The number of thioether (sulfide) groups is 1. The number of hydrogen-bond donors (Lipinski definition) is 2. The molecule has 8 nitrogen and oxygen atoms in total. The van der Waals surface area contributed by atoms with Gasteiger partial charge in [0, 0.05) is 35.7 Å². The molecular formula is C26H26N4O4S. The molecule has 0 unspecified atom stereocenters. The van der Waals surface area contributed by atoms with Crippen molar-refractivity contribution < 1.29 is 14.3 Å². The number of cyclic esters (lactones) is 1. The monoisotopic (exact) mass is 490 g/mol. The smallest absolute Gasteiger partial charge is 0.414 e. The zero-order valence-electron chi connectivity index (χ0n) is 19.2. The maximum absolute atomic E-state index is 12.5. The molecule has 0 saturated carbocycles. The number of fused-ring (bicyclic) bond motifs is 1. The molecule has 1 aromatic heterocycles. The summed E-state index contributed by atoms with van der Waals surface area (Å²) < 4.78 is 7.48. The van der Waals surface area contributed by atoms with Gasteiger partial charge in [-0.25, -0.2) is 4.79 Å². The van der Waals surface area contributed by atoms with E-state index in [1.807, 2.05) is 28.8 Å². The molecular weight excluding hydrogens is 464 g/mol.